The summed E-state index contributed by atoms with van der Waals surface area (Å²) in [7, 11) is 0. The molecular formula is C18H22O11. The highest BCUT2D eigenvalue weighted by atomic mass is 16.8. The molecule has 1 aliphatic carbocycles. The molecule has 11 unspecified atom stereocenters. The first-order valence-corrected chi connectivity index (χ1v) is 9.52. The monoisotopic (exact) mass is 414 g/mol. The Hall–Kier alpha value is -1.60. The number of aliphatic hydroxyl groups is 3. The van der Waals surface area contributed by atoms with Crippen molar-refractivity contribution in [2.24, 2.45) is 17.8 Å². The van der Waals surface area contributed by atoms with Gasteiger partial charge in [-0.15, -0.1) is 0 Å². The number of carbonyl (C=O) groups excluding carboxylic acids is 2. The zero-order valence-electron chi connectivity index (χ0n) is 15.5. The summed E-state index contributed by atoms with van der Waals surface area (Å²) in [6, 6.07) is 0. The van der Waals surface area contributed by atoms with E-state index in [1.54, 1.807) is 6.08 Å². The quantitative estimate of drug-likeness (QED) is 0.341. The summed E-state index contributed by atoms with van der Waals surface area (Å²) >= 11 is 0. The Kier molecular flexibility index (Phi) is 4.66. The van der Waals surface area contributed by atoms with Gasteiger partial charge in [0.05, 0.1) is 6.61 Å². The highest BCUT2D eigenvalue weighted by molar-refractivity contribution is 5.77. The van der Waals surface area contributed by atoms with Crippen LogP contribution in [0.5, 0.6) is 0 Å². The third-order valence-corrected chi connectivity index (χ3v) is 6.22. The smallest absolute Gasteiger partial charge is 0.315 e. The van der Waals surface area contributed by atoms with Crippen LogP contribution in [0.3, 0.4) is 0 Å². The maximum absolute atomic E-state index is 12.5. The van der Waals surface area contributed by atoms with Crippen LogP contribution in [-0.4, -0.2) is 89.9 Å². The molecule has 4 fully saturated rings. The van der Waals surface area contributed by atoms with Crippen molar-refractivity contribution in [2.75, 3.05) is 13.2 Å². The molecule has 4 saturated heterocycles. The van der Waals surface area contributed by atoms with Crippen molar-refractivity contribution in [3.8, 4) is 0 Å². The van der Waals surface area contributed by atoms with Crippen LogP contribution in [0.2, 0.25) is 0 Å². The first-order chi connectivity index (χ1) is 13.9. The van der Waals surface area contributed by atoms with Gasteiger partial charge in [-0.3, -0.25) is 9.59 Å². The van der Waals surface area contributed by atoms with E-state index in [2.05, 4.69) is 0 Å². The number of fused-ring (bicyclic) bond motifs is 5. The zero-order chi connectivity index (χ0) is 20.4. The molecule has 0 radical (unpaired) electrons. The first kappa shape index (κ1) is 19.4. The van der Waals surface area contributed by atoms with Crippen LogP contribution in [-0.2, 0) is 38.0 Å². The van der Waals surface area contributed by atoms with Crippen LogP contribution in [0.4, 0.5) is 0 Å². The lowest BCUT2D eigenvalue weighted by molar-refractivity contribution is -0.318. The normalized spacial score (nSPS) is 50.1. The molecule has 0 spiro atoms. The Morgan fingerprint density at radius 3 is 2.52 bits per heavy atom. The van der Waals surface area contributed by atoms with Crippen molar-refractivity contribution in [2.45, 2.75) is 56.3 Å². The van der Waals surface area contributed by atoms with Gasteiger partial charge in [-0.2, -0.15) is 0 Å². The van der Waals surface area contributed by atoms with E-state index in [0.717, 1.165) is 0 Å². The molecule has 4 heterocycles. The summed E-state index contributed by atoms with van der Waals surface area (Å²) in [5.74, 6) is -2.50. The van der Waals surface area contributed by atoms with Crippen molar-refractivity contribution >= 4 is 11.9 Å². The molecule has 2 bridgehead atoms. The fourth-order valence-corrected chi connectivity index (χ4v) is 4.91. The minimum Gasteiger partial charge on any atom is -0.461 e. The third-order valence-electron chi connectivity index (χ3n) is 6.22. The molecule has 160 valence electrons. The maximum Gasteiger partial charge on any atom is 0.315 e. The van der Waals surface area contributed by atoms with Crippen LogP contribution < -0.4 is 0 Å². The second-order valence-corrected chi connectivity index (χ2v) is 7.87. The van der Waals surface area contributed by atoms with Crippen molar-refractivity contribution < 1.29 is 53.3 Å². The minimum atomic E-state index is -1.42. The van der Waals surface area contributed by atoms with E-state index < -0.39 is 79.8 Å². The molecule has 0 aromatic rings. The summed E-state index contributed by atoms with van der Waals surface area (Å²) in [6.07, 6.45) is -6.91. The van der Waals surface area contributed by atoms with E-state index >= 15 is 0 Å². The zero-order valence-corrected chi connectivity index (χ0v) is 15.5. The first-order valence-electron chi connectivity index (χ1n) is 9.52. The topological polar surface area (TPSA) is 150 Å². The molecule has 3 N–H and O–H groups in total. The van der Waals surface area contributed by atoms with Gasteiger partial charge in [-0.25, -0.2) is 0 Å². The molecular weight excluding hydrogens is 392 g/mol. The summed E-state index contributed by atoms with van der Waals surface area (Å²) < 4.78 is 33.8. The Morgan fingerprint density at radius 2 is 1.79 bits per heavy atom. The van der Waals surface area contributed by atoms with Crippen LogP contribution in [0.25, 0.3) is 0 Å². The summed E-state index contributed by atoms with van der Waals surface area (Å²) in [5, 5.41) is 30.0. The minimum absolute atomic E-state index is 0.00156. The number of hydrogen-bond acceptors (Lipinski definition) is 11. The lowest BCUT2D eigenvalue weighted by atomic mass is 9.79. The molecule has 11 atom stereocenters. The number of ether oxygens (including phenoxy) is 6. The third kappa shape index (κ3) is 2.92. The molecule has 11 nitrogen and oxygen atoms in total. The van der Waals surface area contributed by atoms with E-state index in [1.807, 2.05) is 0 Å². The van der Waals surface area contributed by atoms with Crippen molar-refractivity contribution in [1.29, 1.82) is 0 Å². The molecule has 29 heavy (non-hydrogen) atoms. The number of rotatable bonds is 3. The van der Waals surface area contributed by atoms with E-state index in [1.165, 1.54) is 6.92 Å². The van der Waals surface area contributed by atoms with Gasteiger partial charge < -0.3 is 43.7 Å². The summed E-state index contributed by atoms with van der Waals surface area (Å²) in [4.78, 5) is 23.7. The van der Waals surface area contributed by atoms with Gasteiger partial charge in [-0.1, -0.05) is 0 Å². The molecule has 0 amide bonds. The highest BCUT2D eigenvalue weighted by Gasteiger charge is 2.65. The summed E-state index contributed by atoms with van der Waals surface area (Å²) in [6.45, 7) is 0.771. The highest BCUT2D eigenvalue weighted by Crippen LogP contribution is 2.53. The van der Waals surface area contributed by atoms with Crippen molar-refractivity contribution in [3.63, 3.8) is 0 Å². The van der Waals surface area contributed by atoms with Gasteiger partial charge in [-0.05, 0) is 11.6 Å². The Balaban J connectivity index is 1.47. The van der Waals surface area contributed by atoms with Gasteiger partial charge in [0.25, 0.3) is 0 Å². The molecule has 4 aliphatic heterocycles. The molecule has 5 rings (SSSR count). The van der Waals surface area contributed by atoms with Gasteiger partial charge in [0.15, 0.2) is 18.9 Å². The molecule has 0 saturated carbocycles. The Morgan fingerprint density at radius 1 is 1.07 bits per heavy atom. The Bertz CT molecular complexity index is 737. The van der Waals surface area contributed by atoms with Crippen molar-refractivity contribution in [3.05, 3.63) is 11.6 Å². The number of carbonyl (C=O) groups is 2. The lowest BCUT2D eigenvalue weighted by Gasteiger charge is -2.41. The number of aliphatic hydroxyl groups excluding tert-OH is 3. The predicted octanol–water partition coefficient (Wildman–Crippen LogP) is -2.20. The maximum atomic E-state index is 12.5. The largest absolute Gasteiger partial charge is 0.461 e. The van der Waals surface area contributed by atoms with Crippen LogP contribution in [0, 0.1) is 17.8 Å². The molecule has 11 heteroatoms. The predicted molar refractivity (Wildman–Crippen MR) is 87.4 cm³/mol. The van der Waals surface area contributed by atoms with E-state index in [-0.39, 0.29) is 12.5 Å². The van der Waals surface area contributed by atoms with Gasteiger partial charge in [0.1, 0.15) is 43.0 Å². The fourth-order valence-electron chi connectivity index (χ4n) is 4.91. The Labute approximate surface area is 165 Å². The van der Waals surface area contributed by atoms with Crippen molar-refractivity contribution in [1.82, 2.24) is 0 Å². The lowest BCUT2D eigenvalue weighted by Crippen LogP contribution is -2.60. The van der Waals surface area contributed by atoms with E-state index in [0.29, 0.717) is 5.57 Å². The van der Waals surface area contributed by atoms with Gasteiger partial charge in [0, 0.05) is 18.8 Å². The van der Waals surface area contributed by atoms with E-state index in [9.17, 15) is 24.9 Å². The van der Waals surface area contributed by atoms with Crippen LogP contribution in [0.15, 0.2) is 11.6 Å². The van der Waals surface area contributed by atoms with E-state index in [4.69, 9.17) is 28.4 Å². The second-order valence-electron chi connectivity index (χ2n) is 7.87. The van der Waals surface area contributed by atoms with Gasteiger partial charge in [0.2, 0.25) is 0 Å². The van der Waals surface area contributed by atoms with Crippen LogP contribution >= 0.6 is 0 Å². The molecule has 0 aromatic carbocycles. The fraction of sp³-hybridized carbons (Fsp3) is 0.778. The summed E-state index contributed by atoms with van der Waals surface area (Å²) in [5.41, 5.74) is 0.699. The second kappa shape index (κ2) is 6.98. The number of hydrogen-bond donors (Lipinski definition) is 3. The average Bonchev–Trinajstić information content (AvgIpc) is 3.14. The SMILES string of the molecule is CC(=O)OCC1=CC2OC(=O)C3C4OC(OC5OC(CO)C(O)C(O)C5O4)C1C23. The standard InChI is InChI=1S/C18H22O11/c1-5(20)24-4-6-2-7-10-9(6)16-28-17(11(10)15(23)25-7)27-14-13(22)12(21)8(3-19)26-18(14)29-16/h2,7-14,16-19,21-22H,3-4H2,1H3. The molecule has 0 aromatic heterocycles. The van der Waals surface area contributed by atoms with Crippen LogP contribution in [0.1, 0.15) is 6.92 Å². The average molecular weight is 414 g/mol. The van der Waals surface area contributed by atoms with Gasteiger partial charge >= 0.3 is 11.9 Å². The number of esters is 2. The molecule has 5 aliphatic rings.